The molecule has 0 aliphatic heterocycles. The van der Waals surface area contributed by atoms with Gasteiger partial charge in [-0.1, -0.05) is 72.8 Å². The summed E-state index contributed by atoms with van der Waals surface area (Å²) in [6.45, 7) is 0. The molecule has 0 heterocycles. The molecule has 0 spiro atoms. The van der Waals surface area contributed by atoms with Gasteiger partial charge in [0.2, 0.25) is 0 Å². The van der Waals surface area contributed by atoms with Crippen molar-refractivity contribution in [3.8, 4) is 0 Å². The van der Waals surface area contributed by atoms with Gasteiger partial charge in [-0.3, -0.25) is 0 Å². The Morgan fingerprint density at radius 2 is 1.50 bits per heavy atom. The van der Waals surface area contributed by atoms with E-state index in [4.69, 9.17) is 0 Å². The normalized spacial score (nSPS) is 14.3. The van der Waals surface area contributed by atoms with Crippen molar-refractivity contribution < 1.29 is 0 Å². The fourth-order valence-corrected chi connectivity index (χ4v) is 2.35. The van der Waals surface area contributed by atoms with Gasteiger partial charge in [-0.15, -0.1) is 0 Å². The van der Waals surface area contributed by atoms with E-state index in [0.717, 1.165) is 12.8 Å². The van der Waals surface area contributed by atoms with Crippen molar-refractivity contribution >= 4 is 12.2 Å². The number of fused-ring (bicyclic) bond motifs is 1. The summed E-state index contributed by atoms with van der Waals surface area (Å²) in [7, 11) is 0. The molecule has 0 saturated carbocycles. The third-order valence-electron chi connectivity index (χ3n) is 3.37. The van der Waals surface area contributed by atoms with Crippen LogP contribution in [0.3, 0.4) is 0 Å². The molecule has 18 heavy (non-hydrogen) atoms. The van der Waals surface area contributed by atoms with E-state index in [0.29, 0.717) is 0 Å². The first-order valence-corrected chi connectivity index (χ1v) is 6.43. The summed E-state index contributed by atoms with van der Waals surface area (Å²) in [4.78, 5) is 0. The van der Waals surface area contributed by atoms with E-state index in [2.05, 4.69) is 66.8 Å². The highest BCUT2D eigenvalue weighted by Crippen LogP contribution is 2.24. The van der Waals surface area contributed by atoms with Crippen LogP contribution in [0.25, 0.3) is 12.2 Å². The van der Waals surface area contributed by atoms with Crippen molar-refractivity contribution in [3.05, 3.63) is 82.9 Å². The molecule has 0 radical (unpaired) electrons. The number of benzene rings is 2. The minimum atomic E-state index is 1.14. The van der Waals surface area contributed by atoms with Gasteiger partial charge in [-0.2, -0.15) is 0 Å². The maximum atomic E-state index is 2.30. The smallest absolute Gasteiger partial charge is 0.0222 e. The lowest BCUT2D eigenvalue weighted by molar-refractivity contribution is 0.951. The molecule has 1 aliphatic rings. The molecule has 0 saturated heterocycles. The highest BCUT2D eigenvalue weighted by molar-refractivity contribution is 5.65. The SMILES string of the molecule is C1=C(/C=C/c2ccccc2)CCc2ccccc21. The van der Waals surface area contributed by atoms with E-state index in [1.807, 2.05) is 6.07 Å². The highest BCUT2D eigenvalue weighted by Gasteiger charge is 2.07. The van der Waals surface area contributed by atoms with E-state index < -0.39 is 0 Å². The van der Waals surface area contributed by atoms with Gasteiger partial charge in [0.25, 0.3) is 0 Å². The number of aryl methyl sites for hydroxylation is 1. The molecule has 88 valence electrons. The van der Waals surface area contributed by atoms with Gasteiger partial charge in [0.05, 0.1) is 0 Å². The fourth-order valence-electron chi connectivity index (χ4n) is 2.35. The predicted molar refractivity (Wildman–Crippen MR) is 78.2 cm³/mol. The molecular weight excluding hydrogens is 216 g/mol. The van der Waals surface area contributed by atoms with Crippen molar-refractivity contribution in [2.45, 2.75) is 12.8 Å². The molecule has 0 unspecified atom stereocenters. The Morgan fingerprint density at radius 3 is 2.39 bits per heavy atom. The van der Waals surface area contributed by atoms with Gasteiger partial charge < -0.3 is 0 Å². The lowest BCUT2D eigenvalue weighted by atomic mass is 9.92. The van der Waals surface area contributed by atoms with Crippen LogP contribution in [0, 0.1) is 0 Å². The standard InChI is InChI=1S/C18H16/c1-2-6-15(7-3-1)10-11-16-12-13-17-8-4-5-9-18(17)14-16/h1-11,14H,12-13H2/b11-10+. The Labute approximate surface area is 108 Å². The van der Waals surface area contributed by atoms with Crippen LogP contribution in [-0.2, 0) is 6.42 Å². The van der Waals surface area contributed by atoms with E-state index >= 15 is 0 Å². The van der Waals surface area contributed by atoms with Crippen LogP contribution in [0.2, 0.25) is 0 Å². The van der Waals surface area contributed by atoms with Crippen molar-refractivity contribution in [1.82, 2.24) is 0 Å². The molecular formula is C18H16. The molecule has 0 amide bonds. The maximum absolute atomic E-state index is 2.30. The molecule has 0 bridgehead atoms. The Morgan fingerprint density at radius 1 is 0.722 bits per heavy atom. The zero-order valence-electron chi connectivity index (χ0n) is 10.3. The van der Waals surface area contributed by atoms with Crippen LogP contribution < -0.4 is 0 Å². The molecule has 2 aromatic rings. The monoisotopic (exact) mass is 232 g/mol. The van der Waals surface area contributed by atoms with Crippen LogP contribution in [-0.4, -0.2) is 0 Å². The van der Waals surface area contributed by atoms with Crippen LogP contribution in [0.4, 0.5) is 0 Å². The van der Waals surface area contributed by atoms with Crippen molar-refractivity contribution in [2.24, 2.45) is 0 Å². The van der Waals surface area contributed by atoms with Crippen molar-refractivity contribution in [2.75, 3.05) is 0 Å². The Balaban J connectivity index is 1.83. The largest absolute Gasteiger partial charge is 0.0622 e. The second-order valence-electron chi connectivity index (χ2n) is 4.66. The zero-order chi connectivity index (χ0) is 12.2. The van der Waals surface area contributed by atoms with Gasteiger partial charge in [0.1, 0.15) is 0 Å². The number of allylic oxidation sites excluding steroid dienone is 2. The summed E-state index contributed by atoms with van der Waals surface area (Å²) in [5.74, 6) is 0. The molecule has 0 N–H and O–H groups in total. The summed E-state index contributed by atoms with van der Waals surface area (Å²) < 4.78 is 0. The molecule has 1 aliphatic carbocycles. The summed E-state index contributed by atoms with van der Waals surface area (Å²) in [5.41, 5.74) is 5.51. The number of hydrogen-bond donors (Lipinski definition) is 0. The van der Waals surface area contributed by atoms with Gasteiger partial charge in [-0.25, -0.2) is 0 Å². The Hall–Kier alpha value is -2.08. The van der Waals surface area contributed by atoms with Crippen LogP contribution in [0.15, 0.2) is 66.2 Å². The predicted octanol–water partition coefficient (Wildman–Crippen LogP) is 4.73. The topological polar surface area (TPSA) is 0 Å². The lowest BCUT2D eigenvalue weighted by Crippen LogP contribution is -1.97. The average molecular weight is 232 g/mol. The molecule has 3 rings (SSSR count). The van der Waals surface area contributed by atoms with Crippen molar-refractivity contribution in [3.63, 3.8) is 0 Å². The fraction of sp³-hybridized carbons (Fsp3) is 0.111. The third-order valence-corrected chi connectivity index (χ3v) is 3.37. The van der Waals surface area contributed by atoms with Crippen LogP contribution in [0.1, 0.15) is 23.1 Å². The molecule has 2 aromatic carbocycles. The minimum absolute atomic E-state index is 1.14. The third kappa shape index (κ3) is 2.43. The highest BCUT2D eigenvalue weighted by atomic mass is 14.1. The number of rotatable bonds is 2. The summed E-state index contributed by atoms with van der Waals surface area (Å²) in [6.07, 6.45) is 9.03. The van der Waals surface area contributed by atoms with Gasteiger partial charge in [0, 0.05) is 0 Å². The first-order valence-electron chi connectivity index (χ1n) is 6.43. The maximum Gasteiger partial charge on any atom is -0.0222 e. The van der Waals surface area contributed by atoms with Gasteiger partial charge in [0.15, 0.2) is 0 Å². The van der Waals surface area contributed by atoms with Crippen molar-refractivity contribution in [1.29, 1.82) is 0 Å². The van der Waals surface area contributed by atoms with E-state index in [-0.39, 0.29) is 0 Å². The quantitative estimate of drug-likeness (QED) is 0.702. The van der Waals surface area contributed by atoms with E-state index in [1.165, 1.54) is 22.3 Å². The lowest BCUT2D eigenvalue weighted by Gasteiger charge is -2.13. The first kappa shape index (κ1) is 11.0. The Bertz CT molecular complexity index is 588. The van der Waals surface area contributed by atoms with E-state index in [9.17, 15) is 0 Å². The van der Waals surface area contributed by atoms with Crippen LogP contribution in [0.5, 0.6) is 0 Å². The molecule has 0 nitrogen and oxygen atoms in total. The van der Waals surface area contributed by atoms with Crippen LogP contribution >= 0.6 is 0 Å². The summed E-state index contributed by atoms with van der Waals surface area (Å²) >= 11 is 0. The van der Waals surface area contributed by atoms with Gasteiger partial charge in [-0.05, 0) is 35.1 Å². The van der Waals surface area contributed by atoms with E-state index in [1.54, 1.807) is 0 Å². The number of hydrogen-bond acceptors (Lipinski definition) is 0. The first-order chi connectivity index (χ1) is 8.92. The second kappa shape index (κ2) is 5.05. The second-order valence-corrected chi connectivity index (χ2v) is 4.66. The molecule has 0 heteroatoms. The summed E-state index contributed by atoms with van der Waals surface area (Å²) in [6, 6.07) is 19.1. The minimum Gasteiger partial charge on any atom is -0.0622 e. The molecule has 0 aromatic heterocycles. The molecule has 0 atom stereocenters. The Kier molecular flexibility index (Phi) is 3.10. The zero-order valence-corrected chi connectivity index (χ0v) is 10.3. The molecule has 0 fully saturated rings. The summed E-state index contributed by atoms with van der Waals surface area (Å²) in [5, 5.41) is 0. The van der Waals surface area contributed by atoms with Gasteiger partial charge >= 0.3 is 0 Å². The average Bonchev–Trinajstić information content (AvgIpc) is 2.46.